The predicted molar refractivity (Wildman–Crippen MR) is 90.3 cm³/mol. The maximum atomic E-state index is 10.6. The van der Waals surface area contributed by atoms with Crippen molar-refractivity contribution < 1.29 is 14.8 Å². The average Bonchev–Trinajstić information content (AvgIpc) is 2.59. The van der Waals surface area contributed by atoms with E-state index in [1.54, 1.807) is 13.2 Å². The average molecular weight is 329 g/mol. The van der Waals surface area contributed by atoms with E-state index in [1.165, 1.54) is 24.3 Å². The fourth-order valence-corrected chi connectivity index (χ4v) is 2.23. The standard InChI is InChI=1S/C17H19N3O4/c1-11(2)15-8-12(10-21)16(9-17(15)24-3)19-18-13-4-6-14(7-5-13)20(22)23/h4-9,11,21H,10H2,1-3H3. The molecule has 24 heavy (non-hydrogen) atoms. The van der Waals surface area contributed by atoms with E-state index in [1.807, 2.05) is 19.9 Å². The van der Waals surface area contributed by atoms with Crippen LogP contribution in [0.2, 0.25) is 0 Å². The number of non-ortho nitro benzene ring substituents is 1. The predicted octanol–water partition coefficient (Wildman–Crippen LogP) is 4.63. The van der Waals surface area contributed by atoms with Gasteiger partial charge in [0.05, 0.1) is 30.0 Å². The fraction of sp³-hybridized carbons (Fsp3) is 0.294. The monoisotopic (exact) mass is 329 g/mol. The molecule has 0 radical (unpaired) electrons. The molecule has 0 amide bonds. The number of rotatable bonds is 6. The zero-order valence-electron chi connectivity index (χ0n) is 13.8. The summed E-state index contributed by atoms with van der Waals surface area (Å²) in [7, 11) is 1.58. The van der Waals surface area contributed by atoms with Crippen LogP contribution in [0.15, 0.2) is 46.6 Å². The van der Waals surface area contributed by atoms with Crippen LogP contribution in [0.4, 0.5) is 17.1 Å². The lowest BCUT2D eigenvalue weighted by atomic mass is 9.98. The maximum Gasteiger partial charge on any atom is 0.269 e. The summed E-state index contributed by atoms with van der Waals surface area (Å²) in [6.07, 6.45) is 0. The minimum absolute atomic E-state index is 0.00653. The quantitative estimate of drug-likeness (QED) is 0.474. The van der Waals surface area contributed by atoms with Crippen LogP contribution in [0.3, 0.4) is 0 Å². The molecule has 0 saturated carbocycles. The molecule has 0 saturated heterocycles. The maximum absolute atomic E-state index is 10.6. The summed E-state index contributed by atoms with van der Waals surface area (Å²) in [5.74, 6) is 0.922. The molecule has 0 atom stereocenters. The van der Waals surface area contributed by atoms with E-state index < -0.39 is 4.92 Å². The lowest BCUT2D eigenvalue weighted by molar-refractivity contribution is -0.384. The molecule has 0 aliphatic carbocycles. The van der Waals surface area contributed by atoms with Gasteiger partial charge >= 0.3 is 0 Å². The van der Waals surface area contributed by atoms with Gasteiger partial charge in [-0.3, -0.25) is 10.1 Å². The number of aliphatic hydroxyl groups is 1. The number of aliphatic hydroxyl groups excluding tert-OH is 1. The number of ether oxygens (including phenoxy) is 1. The highest BCUT2D eigenvalue weighted by Gasteiger charge is 2.13. The molecular weight excluding hydrogens is 310 g/mol. The molecule has 7 heteroatoms. The van der Waals surface area contributed by atoms with Crippen LogP contribution in [0.5, 0.6) is 5.75 Å². The number of benzene rings is 2. The summed E-state index contributed by atoms with van der Waals surface area (Å²) in [5, 5.41) is 28.4. The third-order valence-electron chi connectivity index (χ3n) is 3.56. The molecule has 0 unspecified atom stereocenters. The van der Waals surface area contributed by atoms with Gasteiger partial charge in [0, 0.05) is 23.8 Å². The third kappa shape index (κ3) is 3.94. The van der Waals surface area contributed by atoms with Gasteiger partial charge in [-0.05, 0) is 29.7 Å². The molecule has 0 aliphatic heterocycles. The van der Waals surface area contributed by atoms with Gasteiger partial charge in [0.2, 0.25) is 0 Å². The summed E-state index contributed by atoms with van der Waals surface area (Å²) in [5.41, 5.74) is 2.60. The Kier molecular flexibility index (Phi) is 5.59. The lowest BCUT2D eigenvalue weighted by Gasteiger charge is -2.14. The summed E-state index contributed by atoms with van der Waals surface area (Å²) in [6.45, 7) is 3.91. The Balaban J connectivity index is 2.35. The first-order valence-electron chi connectivity index (χ1n) is 7.44. The van der Waals surface area contributed by atoms with Crippen LogP contribution in [-0.2, 0) is 6.61 Å². The Labute approximate surface area is 139 Å². The van der Waals surface area contributed by atoms with Crippen molar-refractivity contribution in [1.82, 2.24) is 0 Å². The largest absolute Gasteiger partial charge is 0.496 e. The highest BCUT2D eigenvalue weighted by atomic mass is 16.6. The Morgan fingerprint density at radius 1 is 1.21 bits per heavy atom. The van der Waals surface area contributed by atoms with E-state index in [4.69, 9.17) is 4.74 Å². The van der Waals surface area contributed by atoms with Crippen molar-refractivity contribution in [2.24, 2.45) is 10.2 Å². The molecule has 2 aromatic carbocycles. The van der Waals surface area contributed by atoms with E-state index >= 15 is 0 Å². The van der Waals surface area contributed by atoms with Gasteiger partial charge in [-0.2, -0.15) is 10.2 Å². The number of hydrogen-bond acceptors (Lipinski definition) is 6. The van der Waals surface area contributed by atoms with Gasteiger partial charge in [0.25, 0.3) is 5.69 Å². The SMILES string of the molecule is COc1cc(N=Nc2ccc([N+](=O)[O-])cc2)c(CO)cc1C(C)C. The van der Waals surface area contributed by atoms with Crippen molar-refractivity contribution in [3.8, 4) is 5.75 Å². The van der Waals surface area contributed by atoms with Crippen LogP contribution in [-0.4, -0.2) is 17.1 Å². The smallest absolute Gasteiger partial charge is 0.269 e. The Morgan fingerprint density at radius 3 is 2.38 bits per heavy atom. The molecule has 1 N–H and O–H groups in total. The minimum Gasteiger partial charge on any atom is -0.496 e. The van der Waals surface area contributed by atoms with Crippen molar-refractivity contribution >= 4 is 17.1 Å². The number of methoxy groups -OCH3 is 1. The fourth-order valence-electron chi connectivity index (χ4n) is 2.23. The number of hydrogen-bond donors (Lipinski definition) is 1. The molecule has 126 valence electrons. The summed E-state index contributed by atoms with van der Waals surface area (Å²) in [6, 6.07) is 9.34. The summed E-state index contributed by atoms with van der Waals surface area (Å²) in [4.78, 5) is 10.2. The van der Waals surface area contributed by atoms with E-state index in [-0.39, 0.29) is 18.2 Å². The third-order valence-corrected chi connectivity index (χ3v) is 3.56. The normalized spacial score (nSPS) is 11.2. The van der Waals surface area contributed by atoms with Gasteiger partial charge in [-0.15, -0.1) is 0 Å². The van der Waals surface area contributed by atoms with Crippen LogP contribution >= 0.6 is 0 Å². The van der Waals surface area contributed by atoms with E-state index in [0.29, 0.717) is 22.7 Å². The molecule has 0 heterocycles. The zero-order valence-corrected chi connectivity index (χ0v) is 13.8. The lowest BCUT2D eigenvalue weighted by Crippen LogP contribution is -1.97. The second kappa shape index (κ2) is 7.65. The molecule has 0 spiro atoms. The second-order valence-corrected chi connectivity index (χ2v) is 5.51. The van der Waals surface area contributed by atoms with Gasteiger partial charge < -0.3 is 9.84 Å². The second-order valence-electron chi connectivity index (χ2n) is 5.51. The number of nitro benzene ring substituents is 1. The van der Waals surface area contributed by atoms with Crippen LogP contribution in [0.1, 0.15) is 30.9 Å². The summed E-state index contributed by atoms with van der Waals surface area (Å²) < 4.78 is 5.38. The zero-order chi connectivity index (χ0) is 17.7. The number of azo groups is 1. The van der Waals surface area contributed by atoms with Gasteiger partial charge in [-0.25, -0.2) is 0 Å². The molecule has 0 bridgehead atoms. The van der Waals surface area contributed by atoms with E-state index in [2.05, 4.69) is 10.2 Å². The van der Waals surface area contributed by atoms with E-state index in [9.17, 15) is 15.2 Å². The first-order valence-corrected chi connectivity index (χ1v) is 7.44. The van der Waals surface area contributed by atoms with Crippen LogP contribution in [0.25, 0.3) is 0 Å². The molecule has 0 fully saturated rings. The molecular formula is C17H19N3O4. The highest BCUT2D eigenvalue weighted by Crippen LogP contribution is 2.34. The van der Waals surface area contributed by atoms with Crippen molar-refractivity contribution in [3.63, 3.8) is 0 Å². The number of nitrogens with zero attached hydrogens (tertiary/aromatic N) is 3. The first kappa shape index (κ1) is 17.6. The van der Waals surface area contributed by atoms with Crippen molar-refractivity contribution in [3.05, 3.63) is 57.6 Å². The molecule has 0 aromatic heterocycles. The molecule has 7 nitrogen and oxygen atoms in total. The first-order chi connectivity index (χ1) is 11.5. The van der Waals surface area contributed by atoms with E-state index in [0.717, 1.165) is 5.56 Å². The topological polar surface area (TPSA) is 97.3 Å². The Bertz CT molecular complexity index is 755. The van der Waals surface area contributed by atoms with Crippen molar-refractivity contribution in [2.75, 3.05) is 7.11 Å². The highest BCUT2D eigenvalue weighted by molar-refractivity contribution is 5.55. The Morgan fingerprint density at radius 2 is 1.88 bits per heavy atom. The van der Waals surface area contributed by atoms with Gasteiger partial charge in [0.1, 0.15) is 5.75 Å². The van der Waals surface area contributed by atoms with Crippen molar-refractivity contribution in [2.45, 2.75) is 26.4 Å². The molecule has 2 aromatic rings. The van der Waals surface area contributed by atoms with Crippen LogP contribution in [0, 0.1) is 10.1 Å². The van der Waals surface area contributed by atoms with Gasteiger partial charge in [0.15, 0.2) is 0 Å². The van der Waals surface area contributed by atoms with Crippen molar-refractivity contribution in [1.29, 1.82) is 0 Å². The number of nitro groups is 1. The Hall–Kier alpha value is -2.80. The van der Waals surface area contributed by atoms with Crippen LogP contribution < -0.4 is 4.74 Å². The molecule has 0 aliphatic rings. The minimum atomic E-state index is -0.472. The summed E-state index contributed by atoms with van der Waals surface area (Å²) >= 11 is 0. The van der Waals surface area contributed by atoms with Gasteiger partial charge in [-0.1, -0.05) is 13.8 Å². The molecule has 2 rings (SSSR count).